The minimum atomic E-state index is -0.237. The molecule has 0 bridgehead atoms. The predicted octanol–water partition coefficient (Wildman–Crippen LogP) is 5.35. The van der Waals surface area contributed by atoms with Gasteiger partial charge in [-0.15, -0.1) is 0 Å². The van der Waals surface area contributed by atoms with E-state index in [0.717, 1.165) is 19.3 Å². The van der Waals surface area contributed by atoms with Gasteiger partial charge in [0.1, 0.15) is 10.8 Å². The number of halogens is 4. The summed E-state index contributed by atoms with van der Waals surface area (Å²) in [6.45, 7) is 4.90. The van der Waals surface area contributed by atoms with Crippen molar-refractivity contribution in [3.63, 3.8) is 0 Å². The van der Waals surface area contributed by atoms with Crippen molar-refractivity contribution in [1.82, 2.24) is 9.88 Å². The molecule has 0 spiro atoms. The molecule has 2 heterocycles. The highest BCUT2D eigenvalue weighted by atomic mass is 35.5. The van der Waals surface area contributed by atoms with Gasteiger partial charge in [0.05, 0.1) is 15.1 Å². The number of aromatic nitrogens is 1. The molecule has 1 atom stereocenters. The molecule has 7 heteroatoms. The smallest absolute Gasteiger partial charge is 0.274 e. The van der Waals surface area contributed by atoms with Crippen LogP contribution in [0.1, 0.15) is 43.6 Å². The van der Waals surface area contributed by atoms with Crippen LogP contribution in [-0.4, -0.2) is 28.4 Å². The predicted molar refractivity (Wildman–Crippen MR) is 87.8 cm³/mol. The highest BCUT2D eigenvalue weighted by Crippen LogP contribution is 2.37. The Labute approximate surface area is 144 Å². The van der Waals surface area contributed by atoms with Gasteiger partial charge in [0, 0.05) is 12.6 Å². The number of amides is 1. The lowest BCUT2D eigenvalue weighted by molar-refractivity contribution is 0.0537. The van der Waals surface area contributed by atoms with E-state index in [1.165, 1.54) is 0 Å². The molecule has 1 aromatic heterocycles. The highest BCUT2D eigenvalue weighted by molar-refractivity contribution is 6.52. The van der Waals surface area contributed by atoms with Gasteiger partial charge in [0.15, 0.2) is 0 Å². The van der Waals surface area contributed by atoms with Gasteiger partial charge >= 0.3 is 0 Å². The molecule has 116 valence electrons. The second kappa shape index (κ2) is 6.91. The Hall–Kier alpha value is -0.220. The third-order valence-electron chi connectivity index (χ3n) is 3.77. The maximum atomic E-state index is 12.8. The van der Waals surface area contributed by atoms with Crippen LogP contribution in [0.4, 0.5) is 0 Å². The molecule has 0 radical (unpaired) electrons. The number of hydrogen-bond donors (Lipinski definition) is 0. The maximum Gasteiger partial charge on any atom is 0.274 e. The zero-order chi connectivity index (χ0) is 15.7. The van der Waals surface area contributed by atoms with Crippen LogP contribution in [0.5, 0.6) is 0 Å². The molecule has 1 amide bonds. The Balaban J connectivity index is 2.39. The third kappa shape index (κ3) is 3.42. The van der Waals surface area contributed by atoms with Crippen molar-refractivity contribution in [3.05, 3.63) is 25.9 Å². The first kappa shape index (κ1) is 17.1. The summed E-state index contributed by atoms with van der Waals surface area (Å²) in [6.07, 6.45) is 3.08. The number of carbonyl (C=O) groups excluding carboxylic acids is 1. The average molecular weight is 370 g/mol. The van der Waals surface area contributed by atoms with Gasteiger partial charge in [-0.2, -0.15) is 0 Å². The Morgan fingerprint density at radius 3 is 2.43 bits per heavy atom. The molecular weight excluding hydrogens is 354 g/mol. The van der Waals surface area contributed by atoms with Crippen LogP contribution < -0.4 is 0 Å². The number of carbonyl (C=O) groups is 1. The number of pyridine rings is 1. The van der Waals surface area contributed by atoms with Crippen LogP contribution >= 0.6 is 46.4 Å². The Kier molecular flexibility index (Phi) is 5.64. The van der Waals surface area contributed by atoms with Crippen LogP contribution in [0.2, 0.25) is 20.2 Å². The van der Waals surface area contributed by atoms with E-state index in [4.69, 9.17) is 46.4 Å². The lowest BCUT2D eigenvalue weighted by Crippen LogP contribution is -2.46. The summed E-state index contributed by atoms with van der Waals surface area (Å²) in [5.41, 5.74) is 0.0728. The summed E-state index contributed by atoms with van der Waals surface area (Å²) in [6, 6.07) is 0.178. The van der Waals surface area contributed by atoms with Crippen molar-refractivity contribution in [3.8, 4) is 0 Å². The number of piperidine rings is 1. The fraction of sp³-hybridized carbons (Fsp3) is 0.571. The summed E-state index contributed by atoms with van der Waals surface area (Å²) in [5.74, 6) is 0.130. The first-order valence-corrected chi connectivity index (χ1v) is 8.36. The zero-order valence-corrected chi connectivity index (χ0v) is 14.8. The Morgan fingerprint density at radius 2 is 1.81 bits per heavy atom. The maximum absolute atomic E-state index is 12.8. The molecule has 21 heavy (non-hydrogen) atoms. The van der Waals surface area contributed by atoms with E-state index in [1.54, 1.807) is 0 Å². The Bertz CT molecular complexity index is 562. The van der Waals surface area contributed by atoms with E-state index in [2.05, 4.69) is 18.8 Å². The molecule has 1 aliphatic heterocycles. The monoisotopic (exact) mass is 368 g/mol. The summed E-state index contributed by atoms with van der Waals surface area (Å²) < 4.78 is 0. The van der Waals surface area contributed by atoms with Crippen LogP contribution in [0.25, 0.3) is 0 Å². The minimum Gasteiger partial charge on any atom is -0.334 e. The molecular formula is C14H16Cl4N2O. The Morgan fingerprint density at radius 1 is 1.14 bits per heavy atom. The fourth-order valence-electron chi connectivity index (χ4n) is 2.67. The van der Waals surface area contributed by atoms with Crippen molar-refractivity contribution in [2.75, 3.05) is 6.54 Å². The number of hydrogen-bond acceptors (Lipinski definition) is 2. The quantitative estimate of drug-likeness (QED) is 0.658. The molecule has 2 rings (SSSR count). The third-order valence-corrected chi connectivity index (χ3v) is 5.44. The van der Waals surface area contributed by atoms with Crippen LogP contribution in [-0.2, 0) is 0 Å². The molecule has 0 N–H and O–H groups in total. The van der Waals surface area contributed by atoms with E-state index in [9.17, 15) is 4.79 Å². The summed E-state index contributed by atoms with van der Waals surface area (Å²) in [4.78, 5) is 18.6. The van der Waals surface area contributed by atoms with Crippen molar-refractivity contribution in [2.24, 2.45) is 5.92 Å². The van der Waals surface area contributed by atoms with Crippen LogP contribution in [0.15, 0.2) is 0 Å². The first-order chi connectivity index (χ1) is 9.84. The standard InChI is InChI=1S/C14H16Cl4N2O/c1-7(2)8-5-3-4-6-20(8)14(21)12-10(16)9(15)11(17)13(18)19-12/h7-8H,3-6H2,1-2H3. The van der Waals surface area contributed by atoms with Crippen molar-refractivity contribution in [1.29, 1.82) is 0 Å². The second-order valence-corrected chi connectivity index (χ2v) is 6.99. The first-order valence-electron chi connectivity index (χ1n) is 6.85. The topological polar surface area (TPSA) is 33.2 Å². The largest absolute Gasteiger partial charge is 0.334 e. The molecule has 0 aliphatic carbocycles. The molecule has 0 aromatic carbocycles. The molecule has 1 aliphatic rings. The summed E-state index contributed by atoms with van der Waals surface area (Å²) in [7, 11) is 0. The van der Waals surface area contributed by atoms with Gasteiger partial charge in [0.25, 0.3) is 5.91 Å². The lowest BCUT2D eigenvalue weighted by atomic mass is 9.92. The molecule has 1 aromatic rings. The normalized spacial score (nSPS) is 19.2. The van der Waals surface area contributed by atoms with E-state index in [1.807, 2.05) is 4.90 Å². The fourth-order valence-corrected chi connectivity index (χ4v) is 3.48. The molecule has 1 saturated heterocycles. The number of rotatable bonds is 2. The second-order valence-electron chi connectivity index (χ2n) is 5.50. The van der Waals surface area contributed by atoms with Crippen molar-refractivity contribution in [2.45, 2.75) is 39.2 Å². The van der Waals surface area contributed by atoms with Gasteiger partial charge < -0.3 is 4.90 Å². The van der Waals surface area contributed by atoms with Gasteiger partial charge in [-0.25, -0.2) is 4.98 Å². The van der Waals surface area contributed by atoms with E-state index >= 15 is 0 Å². The van der Waals surface area contributed by atoms with Crippen LogP contribution in [0.3, 0.4) is 0 Å². The van der Waals surface area contributed by atoms with Crippen molar-refractivity contribution < 1.29 is 4.79 Å². The summed E-state index contributed by atoms with van der Waals surface area (Å²) in [5, 5.41) is 0.190. The average Bonchev–Trinajstić information content (AvgIpc) is 2.48. The molecule has 0 saturated carbocycles. The molecule has 3 nitrogen and oxygen atoms in total. The van der Waals surface area contributed by atoms with Gasteiger partial charge in [0.2, 0.25) is 0 Å². The van der Waals surface area contributed by atoms with E-state index in [-0.39, 0.29) is 37.9 Å². The van der Waals surface area contributed by atoms with Crippen LogP contribution in [0, 0.1) is 5.92 Å². The molecule has 1 unspecified atom stereocenters. The minimum absolute atomic E-state index is 0.00692. The molecule has 1 fully saturated rings. The highest BCUT2D eigenvalue weighted by Gasteiger charge is 2.32. The van der Waals surface area contributed by atoms with Crippen molar-refractivity contribution >= 4 is 52.3 Å². The SMILES string of the molecule is CC(C)C1CCCCN1C(=O)c1nc(Cl)c(Cl)c(Cl)c1Cl. The lowest BCUT2D eigenvalue weighted by Gasteiger charge is -2.38. The van der Waals surface area contributed by atoms with Gasteiger partial charge in [-0.1, -0.05) is 60.3 Å². The van der Waals surface area contributed by atoms with E-state index in [0.29, 0.717) is 12.5 Å². The number of likely N-dealkylation sites (tertiary alicyclic amines) is 1. The van der Waals surface area contributed by atoms with Gasteiger partial charge in [-0.3, -0.25) is 4.79 Å². The van der Waals surface area contributed by atoms with Gasteiger partial charge in [-0.05, 0) is 25.2 Å². The van der Waals surface area contributed by atoms with E-state index < -0.39 is 0 Å². The summed E-state index contributed by atoms with van der Waals surface area (Å²) >= 11 is 23.9. The number of nitrogens with zero attached hydrogens (tertiary/aromatic N) is 2. The zero-order valence-electron chi connectivity index (χ0n) is 11.8.